The minimum absolute atomic E-state index is 0.116. The Morgan fingerprint density at radius 1 is 1.53 bits per heavy atom. The third-order valence-corrected chi connectivity index (χ3v) is 4.31. The predicted octanol–water partition coefficient (Wildman–Crippen LogP) is 0.795. The molecule has 0 fully saturated rings. The number of rotatable bonds is 4. The molecule has 0 amide bonds. The fourth-order valence-electron chi connectivity index (χ4n) is 1.83. The average Bonchev–Trinajstić information content (AvgIpc) is 2.65. The minimum atomic E-state index is -1.05. The molecule has 6 nitrogen and oxygen atoms in total. The summed E-state index contributed by atoms with van der Waals surface area (Å²) in [5, 5.41) is 8.78. The molecule has 0 spiro atoms. The van der Waals surface area contributed by atoms with E-state index in [0.29, 0.717) is 11.0 Å². The van der Waals surface area contributed by atoms with Crippen molar-refractivity contribution < 1.29 is 14.1 Å². The highest BCUT2D eigenvalue weighted by Crippen LogP contribution is 2.14. The number of hydrogen-bond donors (Lipinski definition) is 2. The molecule has 7 heteroatoms. The molecule has 0 aliphatic carbocycles. The maximum Gasteiger partial charge on any atom is 0.335 e. The summed E-state index contributed by atoms with van der Waals surface area (Å²) >= 11 is 0. The zero-order valence-electron chi connectivity index (χ0n) is 10.5. The zero-order chi connectivity index (χ0) is 14.2. The Morgan fingerprint density at radius 2 is 2.21 bits per heavy atom. The van der Waals surface area contributed by atoms with E-state index >= 15 is 0 Å². The van der Waals surface area contributed by atoms with Crippen LogP contribution in [-0.4, -0.2) is 36.3 Å². The van der Waals surface area contributed by atoms with Crippen molar-refractivity contribution >= 4 is 27.8 Å². The van der Waals surface area contributed by atoms with Crippen molar-refractivity contribution in [2.75, 3.05) is 6.26 Å². The van der Waals surface area contributed by atoms with Crippen molar-refractivity contribution in [3.05, 3.63) is 34.2 Å². The summed E-state index contributed by atoms with van der Waals surface area (Å²) in [7, 11) is -1.05. The third-order valence-electron chi connectivity index (χ3n) is 3.03. The monoisotopic (exact) mass is 282 g/mol. The van der Waals surface area contributed by atoms with Crippen LogP contribution in [-0.2, 0) is 17.3 Å². The Labute approximate surface area is 111 Å². The molecule has 0 radical (unpaired) electrons. The van der Waals surface area contributed by atoms with Crippen molar-refractivity contribution in [1.82, 2.24) is 9.55 Å². The standard InChI is InChI=1S/C12H14N2O4S/c1-7(19(2)18)6-14-10-5-8(11(15)16)3-4-9(10)13-12(14)17/h3-5,7H,6H2,1-2H3,(H,13,17)(H,15,16). The van der Waals surface area contributed by atoms with Crippen LogP contribution in [0.4, 0.5) is 0 Å². The molecule has 19 heavy (non-hydrogen) atoms. The lowest BCUT2D eigenvalue weighted by Crippen LogP contribution is -2.25. The van der Waals surface area contributed by atoms with Crippen molar-refractivity contribution in [2.45, 2.75) is 18.7 Å². The average molecular weight is 282 g/mol. The molecule has 1 aromatic heterocycles. The van der Waals surface area contributed by atoms with Crippen LogP contribution in [0.5, 0.6) is 0 Å². The molecule has 0 aliphatic rings. The Hall–Kier alpha value is -1.89. The quantitative estimate of drug-likeness (QED) is 0.867. The van der Waals surface area contributed by atoms with Crippen molar-refractivity contribution in [3.8, 4) is 0 Å². The van der Waals surface area contributed by atoms with Crippen LogP contribution >= 0.6 is 0 Å². The number of carbonyl (C=O) groups is 1. The number of fused-ring (bicyclic) bond motifs is 1. The normalized spacial score (nSPS) is 14.4. The van der Waals surface area contributed by atoms with Gasteiger partial charge < -0.3 is 10.1 Å². The molecule has 2 atom stereocenters. The maximum atomic E-state index is 11.8. The predicted molar refractivity (Wildman–Crippen MR) is 73.0 cm³/mol. The first kappa shape index (κ1) is 13.5. The molecule has 1 heterocycles. The fourth-order valence-corrected chi connectivity index (χ4v) is 2.19. The highest BCUT2D eigenvalue weighted by atomic mass is 32.2. The van der Waals surface area contributed by atoms with Gasteiger partial charge in [0.25, 0.3) is 0 Å². The lowest BCUT2D eigenvalue weighted by Gasteiger charge is -2.09. The van der Waals surface area contributed by atoms with E-state index in [4.69, 9.17) is 5.11 Å². The number of aromatic amines is 1. The van der Waals surface area contributed by atoms with Crippen molar-refractivity contribution in [2.24, 2.45) is 0 Å². The summed E-state index contributed by atoms with van der Waals surface area (Å²) < 4.78 is 12.8. The van der Waals surface area contributed by atoms with Crippen molar-refractivity contribution in [1.29, 1.82) is 0 Å². The topological polar surface area (TPSA) is 92.2 Å². The molecule has 2 aromatic rings. The molecule has 0 saturated carbocycles. The van der Waals surface area contributed by atoms with Gasteiger partial charge in [-0.25, -0.2) is 9.59 Å². The summed E-state index contributed by atoms with van der Waals surface area (Å²) in [5.41, 5.74) is 0.881. The molecule has 0 bridgehead atoms. The Kier molecular flexibility index (Phi) is 3.57. The highest BCUT2D eigenvalue weighted by molar-refractivity contribution is 7.84. The Balaban J connectivity index is 2.56. The molecule has 2 unspecified atom stereocenters. The van der Waals surface area contributed by atoms with Gasteiger partial charge >= 0.3 is 11.7 Å². The van der Waals surface area contributed by atoms with Gasteiger partial charge in [0.05, 0.1) is 16.6 Å². The lowest BCUT2D eigenvalue weighted by molar-refractivity contribution is 0.0697. The van der Waals surface area contributed by atoms with E-state index < -0.39 is 16.8 Å². The first-order valence-electron chi connectivity index (χ1n) is 5.68. The van der Waals surface area contributed by atoms with Crippen molar-refractivity contribution in [3.63, 3.8) is 0 Å². The van der Waals surface area contributed by atoms with E-state index in [1.165, 1.54) is 16.7 Å². The molecule has 0 aliphatic heterocycles. The number of nitrogens with zero attached hydrogens (tertiary/aromatic N) is 1. The van der Waals surface area contributed by atoms with Gasteiger partial charge in [-0.05, 0) is 25.1 Å². The highest BCUT2D eigenvalue weighted by Gasteiger charge is 2.14. The second-order valence-electron chi connectivity index (χ2n) is 4.39. The Bertz CT molecular complexity index is 716. The first-order valence-corrected chi connectivity index (χ1v) is 7.30. The zero-order valence-corrected chi connectivity index (χ0v) is 11.4. The number of imidazole rings is 1. The molecule has 0 saturated heterocycles. The van der Waals surface area contributed by atoms with E-state index in [1.54, 1.807) is 19.2 Å². The number of benzene rings is 1. The summed E-state index contributed by atoms with van der Waals surface area (Å²) in [6.07, 6.45) is 1.58. The number of aromatic nitrogens is 2. The third kappa shape index (κ3) is 2.60. The van der Waals surface area contributed by atoms with E-state index in [0.717, 1.165) is 0 Å². The summed E-state index contributed by atoms with van der Waals surface area (Å²) in [6, 6.07) is 4.44. The van der Waals surface area contributed by atoms with Gasteiger partial charge in [-0.1, -0.05) is 0 Å². The number of carboxylic acids is 1. The molecular formula is C12H14N2O4S. The minimum Gasteiger partial charge on any atom is -0.478 e. The van der Waals surface area contributed by atoms with Crippen LogP contribution < -0.4 is 5.69 Å². The number of aromatic carboxylic acids is 1. The molecule has 1 aromatic carbocycles. The maximum absolute atomic E-state index is 11.8. The second-order valence-corrected chi connectivity index (χ2v) is 6.19. The first-order chi connectivity index (χ1) is 8.90. The van der Waals surface area contributed by atoms with E-state index in [1.807, 2.05) is 0 Å². The lowest BCUT2D eigenvalue weighted by atomic mass is 10.2. The van der Waals surface area contributed by atoms with Gasteiger partial charge in [-0.3, -0.25) is 8.78 Å². The van der Waals surface area contributed by atoms with Crippen LogP contribution in [0.15, 0.2) is 23.0 Å². The van der Waals surface area contributed by atoms with Crippen LogP contribution in [0.25, 0.3) is 11.0 Å². The molecule has 2 rings (SSSR count). The van der Waals surface area contributed by atoms with Crippen LogP contribution in [0, 0.1) is 0 Å². The second kappa shape index (κ2) is 5.00. The largest absolute Gasteiger partial charge is 0.478 e. The van der Waals surface area contributed by atoms with E-state index in [9.17, 15) is 13.8 Å². The van der Waals surface area contributed by atoms with Gasteiger partial charge in [-0.2, -0.15) is 0 Å². The summed E-state index contributed by atoms with van der Waals surface area (Å²) in [5.74, 6) is -1.05. The number of carboxylic acid groups (broad SMARTS) is 1. The van der Waals surface area contributed by atoms with E-state index in [2.05, 4.69) is 4.98 Å². The molecular weight excluding hydrogens is 268 g/mol. The number of nitrogens with one attached hydrogen (secondary N) is 1. The van der Waals surface area contributed by atoms with E-state index in [-0.39, 0.29) is 23.0 Å². The number of hydrogen-bond acceptors (Lipinski definition) is 3. The van der Waals surface area contributed by atoms with Crippen LogP contribution in [0.2, 0.25) is 0 Å². The van der Waals surface area contributed by atoms with Gasteiger partial charge in [0.15, 0.2) is 0 Å². The summed E-state index contributed by atoms with van der Waals surface area (Å²) in [6.45, 7) is 2.06. The SMILES string of the molecule is CC(Cn1c(=O)[nH]c2ccc(C(=O)O)cc21)S(C)=O. The fraction of sp³-hybridized carbons (Fsp3) is 0.333. The smallest absolute Gasteiger partial charge is 0.335 e. The molecule has 102 valence electrons. The number of H-pyrrole nitrogens is 1. The van der Waals surface area contributed by atoms with Crippen LogP contribution in [0.3, 0.4) is 0 Å². The van der Waals surface area contributed by atoms with Gasteiger partial charge in [-0.15, -0.1) is 0 Å². The van der Waals surface area contributed by atoms with Crippen LogP contribution in [0.1, 0.15) is 17.3 Å². The Morgan fingerprint density at radius 3 is 2.79 bits per heavy atom. The van der Waals surface area contributed by atoms with Gasteiger partial charge in [0.1, 0.15) is 0 Å². The molecule has 2 N–H and O–H groups in total. The summed E-state index contributed by atoms with van der Waals surface area (Å²) in [4.78, 5) is 25.4. The van der Waals surface area contributed by atoms with Gasteiger partial charge in [0.2, 0.25) is 0 Å². The van der Waals surface area contributed by atoms with Gasteiger partial charge in [0, 0.05) is 28.9 Å².